The maximum absolute atomic E-state index is 11.9. The van der Waals surface area contributed by atoms with Gasteiger partial charge in [-0.1, -0.05) is 17.7 Å². The molecule has 0 spiro atoms. The molecule has 2 aromatic heterocycles. The lowest BCUT2D eigenvalue weighted by Crippen LogP contribution is -2.15. The molecule has 1 amide bonds. The molecule has 1 aromatic carbocycles. The van der Waals surface area contributed by atoms with Gasteiger partial charge in [0, 0.05) is 18.0 Å². The fraction of sp³-hybridized carbons (Fsp3) is 0.133. The third kappa shape index (κ3) is 3.03. The van der Waals surface area contributed by atoms with Gasteiger partial charge in [-0.25, -0.2) is 0 Å². The number of rotatable bonds is 4. The van der Waals surface area contributed by atoms with E-state index in [1.807, 2.05) is 18.2 Å². The van der Waals surface area contributed by atoms with Crippen LogP contribution in [0.25, 0.3) is 10.9 Å². The number of aromatic nitrogens is 3. The van der Waals surface area contributed by atoms with Gasteiger partial charge in [-0.3, -0.25) is 14.5 Å². The summed E-state index contributed by atoms with van der Waals surface area (Å²) in [6, 6.07) is 9.21. The Bertz CT molecular complexity index is 770. The van der Waals surface area contributed by atoms with Crippen molar-refractivity contribution in [2.24, 2.45) is 0 Å². The van der Waals surface area contributed by atoms with Gasteiger partial charge in [0.1, 0.15) is 0 Å². The van der Waals surface area contributed by atoms with Crippen LogP contribution < -0.4 is 5.32 Å². The van der Waals surface area contributed by atoms with Crippen LogP contribution >= 0.6 is 11.6 Å². The van der Waals surface area contributed by atoms with Crippen molar-refractivity contribution in [2.45, 2.75) is 13.0 Å². The van der Waals surface area contributed by atoms with Gasteiger partial charge < -0.3 is 5.32 Å². The second kappa shape index (κ2) is 5.93. The predicted molar refractivity (Wildman–Crippen MR) is 82.2 cm³/mol. The number of carbonyl (C=O) groups excluding carboxylic acids is 1. The lowest BCUT2D eigenvalue weighted by molar-refractivity contribution is -0.116. The number of carbonyl (C=O) groups is 1. The second-order valence-electron chi connectivity index (χ2n) is 4.58. The summed E-state index contributed by atoms with van der Waals surface area (Å²) in [5, 5.41) is 8.63. The van der Waals surface area contributed by atoms with Crippen LogP contribution in [0.5, 0.6) is 0 Å². The Labute approximate surface area is 126 Å². The summed E-state index contributed by atoms with van der Waals surface area (Å²) in [4.78, 5) is 15.9. The number of nitrogens with zero attached hydrogens (tertiary/aromatic N) is 3. The highest BCUT2D eigenvalue weighted by molar-refractivity contribution is 6.35. The standard InChI is InChI=1S/C15H13ClN4O/c16-13-4-1-5-14-12(13)10-18-20(14)8-6-15(21)19-11-3-2-7-17-9-11/h1-5,7,9-10H,6,8H2,(H,19,21). The minimum atomic E-state index is -0.0753. The molecule has 0 aliphatic rings. The summed E-state index contributed by atoms with van der Waals surface area (Å²) >= 11 is 6.10. The first-order valence-electron chi connectivity index (χ1n) is 6.54. The molecule has 0 saturated heterocycles. The fourth-order valence-corrected chi connectivity index (χ4v) is 2.33. The summed E-state index contributed by atoms with van der Waals surface area (Å²) in [7, 11) is 0. The van der Waals surface area contributed by atoms with E-state index in [1.54, 1.807) is 35.4 Å². The highest BCUT2D eigenvalue weighted by Crippen LogP contribution is 2.22. The largest absolute Gasteiger partial charge is 0.325 e. The second-order valence-corrected chi connectivity index (χ2v) is 4.99. The smallest absolute Gasteiger partial charge is 0.226 e. The summed E-state index contributed by atoms with van der Waals surface area (Å²) in [5.41, 5.74) is 1.62. The molecule has 6 heteroatoms. The molecular formula is C15H13ClN4O. The minimum Gasteiger partial charge on any atom is -0.325 e. The lowest BCUT2D eigenvalue weighted by Gasteiger charge is -2.06. The van der Waals surface area contributed by atoms with E-state index in [1.165, 1.54) is 0 Å². The van der Waals surface area contributed by atoms with Crippen molar-refractivity contribution in [3.05, 3.63) is 53.9 Å². The zero-order chi connectivity index (χ0) is 14.7. The van der Waals surface area contributed by atoms with Crippen molar-refractivity contribution in [1.29, 1.82) is 0 Å². The maximum atomic E-state index is 11.9. The maximum Gasteiger partial charge on any atom is 0.226 e. The number of amides is 1. The van der Waals surface area contributed by atoms with E-state index in [0.717, 1.165) is 10.9 Å². The normalized spacial score (nSPS) is 10.7. The van der Waals surface area contributed by atoms with Crippen molar-refractivity contribution in [2.75, 3.05) is 5.32 Å². The summed E-state index contributed by atoms with van der Waals surface area (Å²) in [6.45, 7) is 0.496. The van der Waals surface area contributed by atoms with Crippen LogP contribution in [0.2, 0.25) is 5.02 Å². The molecule has 0 fully saturated rings. The van der Waals surface area contributed by atoms with E-state index in [-0.39, 0.29) is 5.91 Å². The molecule has 106 valence electrons. The summed E-state index contributed by atoms with van der Waals surface area (Å²) in [6.07, 6.45) is 5.32. The Hall–Kier alpha value is -2.40. The van der Waals surface area contributed by atoms with E-state index >= 15 is 0 Å². The Balaban J connectivity index is 1.67. The van der Waals surface area contributed by atoms with Gasteiger partial charge in [-0.15, -0.1) is 0 Å². The highest BCUT2D eigenvalue weighted by atomic mass is 35.5. The molecule has 2 heterocycles. The van der Waals surface area contributed by atoms with Gasteiger partial charge in [0.05, 0.1) is 35.2 Å². The predicted octanol–water partition coefficient (Wildman–Crippen LogP) is 3.11. The van der Waals surface area contributed by atoms with Gasteiger partial charge in [0.2, 0.25) is 5.91 Å². The minimum absolute atomic E-state index is 0.0753. The number of aryl methyl sites for hydroxylation is 1. The zero-order valence-corrected chi connectivity index (χ0v) is 11.9. The number of hydrogen-bond donors (Lipinski definition) is 1. The Kier molecular flexibility index (Phi) is 3.83. The zero-order valence-electron chi connectivity index (χ0n) is 11.2. The molecule has 0 aliphatic heterocycles. The first kappa shape index (κ1) is 13.6. The number of fused-ring (bicyclic) bond motifs is 1. The van der Waals surface area contributed by atoms with Gasteiger partial charge in [0.25, 0.3) is 0 Å². The van der Waals surface area contributed by atoms with Crippen molar-refractivity contribution >= 4 is 34.1 Å². The van der Waals surface area contributed by atoms with Crippen LogP contribution in [0.4, 0.5) is 5.69 Å². The number of halogens is 1. The number of anilines is 1. The highest BCUT2D eigenvalue weighted by Gasteiger charge is 2.08. The first-order chi connectivity index (χ1) is 10.2. The van der Waals surface area contributed by atoms with Crippen LogP contribution in [0, 0.1) is 0 Å². The number of pyridine rings is 1. The van der Waals surface area contributed by atoms with E-state index in [0.29, 0.717) is 23.7 Å². The average molecular weight is 301 g/mol. The van der Waals surface area contributed by atoms with Crippen molar-refractivity contribution in [1.82, 2.24) is 14.8 Å². The van der Waals surface area contributed by atoms with Crippen molar-refractivity contribution < 1.29 is 4.79 Å². The average Bonchev–Trinajstić information content (AvgIpc) is 2.91. The van der Waals surface area contributed by atoms with Gasteiger partial charge in [-0.2, -0.15) is 5.10 Å². The topological polar surface area (TPSA) is 59.8 Å². The molecular weight excluding hydrogens is 288 g/mol. The van der Waals surface area contributed by atoms with E-state index in [9.17, 15) is 4.79 Å². The summed E-state index contributed by atoms with van der Waals surface area (Å²) in [5.74, 6) is -0.0753. The molecule has 0 aliphatic carbocycles. The van der Waals surface area contributed by atoms with Crippen molar-refractivity contribution in [3.8, 4) is 0 Å². The molecule has 21 heavy (non-hydrogen) atoms. The first-order valence-corrected chi connectivity index (χ1v) is 6.92. The van der Waals surface area contributed by atoms with Gasteiger partial charge >= 0.3 is 0 Å². The van der Waals surface area contributed by atoms with Gasteiger partial charge in [0.15, 0.2) is 0 Å². The van der Waals surface area contributed by atoms with Crippen molar-refractivity contribution in [3.63, 3.8) is 0 Å². The Morgan fingerprint density at radius 3 is 2.95 bits per heavy atom. The molecule has 3 aromatic rings. The SMILES string of the molecule is O=C(CCn1ncc2c(Cl)cccc21)Nc1cccnc1. The number of benzene rings is 1. The van der Waals surface area contributed by atoms with Gasteiger partial charge in [-0.05, 0) is 24.3 Å². The third-order valence-electron chi connectivity index (χ3n) is 3.13. The molecule has 1 N–H and O–H groups in total. The Morgan fingerprint density at radius 2 is 2.14 bits per heavy atom. The van der Waals surface area contributed by atoms with E-state index in [2.05, 4.69) is 15.4 Å². The molecule has 0 saturated carbocycles. The monoisotopic (exact) mass is 300 g/mol. The van der Waals surface area contributed by atoms with E-state index < -0.39 is 0 Å². The van der Waals surface area contributed by atoms with Crippen LogP contribution in [-0.4, -0.2) is 20.7 Å². The fourth-order valence-electron chi connectivity index (χ4n) is 2.11. The molecule has 0 bridgehead atoms. The van der Waals surface area contributed by atoms with Crippen LogP contribution in [0.15, 0.2) is 48.9 Å². The third-order valence-corrected chi connectivity index (χ3v) is 3.46. The summed E-state index contributed by atoms with van der Waals surface area (Å²) < 4.78 is 1.78. The lowest BCUT2D eigenvalue weighted by atomic mass is 10.2. The molecule has 0 unspecified atom stereocenters. The van der Waals surface area contributed by atoms with Crippen LogP contribution in [0.3, 0.4) is 0 Å². The Morgan fingerprint density at radius 1 is 1.24 bits per heavy atom. The van der Waals surface area contributed by atoms with E-state index in [4.69, 9.17) is 11.6 Å². The van der Waals surface area contributed by atoms with Crippen LogP contribution in [0.1, 0.15) is 6.42 Å². The number of hydrogen-bond acceptors (Lipinski definition) is 3. The molecule has 3 rings (SSSR count). The quantitative estimate of drug-likeness (QED) is 0.805. The molecule has 0 radical (unpaired) electrons. The molecule has 5 nitrogen and oxygen atoms in total. The number of nitrogens with one attached hydrogen (secondary N) is 1. The van der Waals surface area contributed by atoms with Crippen LogP contribution in [-0.2, 0) is 11.3 Å². The molecule has 0 atom stereocenters.